The molecule has 0 aromatic heterocycles. The molecule has 0 bridgehead atoms. The van der Waals surface area contributed by atoms with Gasteiger partial charge in [0.15, 0.2) is 0 Å². The number of unbranched alkanes of at least 4 members (excludes halogenated alkanes) is 19. The molecule has 298 valence electrons. The summed E-state index contributed by atoms with van der Waals surface area (Å²) in [5.74, 6) is 1.90. The second-order valence-corrected chi connectivity index (χ2v) is 15.5. The molecular formula is C45H82Cl2N2O2. The molecule has 0 fully saturated rings. The Morgan fingerprint density at radius 2 is 0.647 bits per heavy atom. The van der Waals surface area contributed by atoms with E-state index in [0.29, 0.717) is 13.2 Å². The predicted octanol–water partition coefficient (Wildman–Crippen LogP) is 13.9. The highest BCUT2D eigenvalue weighted by molar-refractivity contribution is 5.85. The Balaban J connectivity index is 0. The van der Waals surface area contributed by atoms with Crippen molar-refractivity contribution in [2.75, 3.05) is 26.3 Å². The number of para-hydroxylation sites is 2. The van der Waals surface area contributed by atoms with Crippen LogP contribution < -0.4 is 20.1 Å². The number of nitrogens with one attached hydrogen (secondary N) is 2. The zero-order valence-corrected chi connectivity index (χ0v) is 35.7. The molecule has 0 atom stereocenters. The molecule has 0 unspecified atom stereocenters. The molecule has 4 nitrogen and oxygen atoms in total. The van der Waals surface area contributed by atoms with Crippen LogP contribution in [0.1, 0.15) is 176 Å². The quantitative estimate of drug-likeness (QED) is 0.0753. The van der Waals surface area contributed by atoms with E-state index in [-0.39, 0.29) is 35.9 Å². The summed E-state index contributed by atoms with van der Waals surface area (Å²) in [5.41, 5.74) is 0.0451. The third kappa shape index (κ3) is 34.1. The third-order valence-corrected chi connectivity index (χ3v) is 9.20. The number of rotatable bonds is 31. The van der Waals surface area contributed by atoms with Gasteiger partial charge in [0.2, 0.25) is 0 Å². The topological polar surface area (TPSA) is 42.5 Å². The molecule has 0 radical (unpaired) electrons. The van der Waals surface area contributed by atoms with E-state index in [9.17, 15) is 0 Å². The highest BCUT2D eigenvalue weighted by Crippen LogP contribution is 2.15. The van der Waals surface area contributed by atoms with Crippen LogP contribution in [0.5, 0.6) is 11.5 Å². The highest BCUT2D eigenvalue weighted by Gasteiger charge is 2.18. The second kappa shape index (κ2) is 35.6. The van der Waals surface area contributed by atoms with Gasteiger partial charge < -0.3 is 20.1 Å². The monoisotopic (exact) mass is 753 g/mol. The fourth-order valence-electron chi connectivity index (χ4n) is 5.92. The first-order chi connectivity index (χ1) is 23.8. The lowest BCUT2D eigenvalue weighted by molar-refractivity contribution is 0.208. The van der Waals surface area contributed by atoms with Crippen LogP contribution in [-0.4, -0.2) is 37.4 Å². The summed E-state index contributed by atoms with van der Waals surface area (Å²) in [4.78, 5) is 0. The van der Waals surface area contributed by atoms with Crippen LogP contribution >= 0.6 is 24.8 Å². The minimum atomic E-state index is 0. The predicted molar refractivity (Wildman–Crippen MR) is 231 cm³/mol. The Morgan fingerprint density at radius 1 is 0.392 bits per heavy atom. The van der Waals surface area contributed by atoms with Gasteiger partial charge in [-0.05, 0) is 77.9 Å². The van der Waals surface area contributed by atoms with Crippen molar-refractivity contribution in [3.8, 4) is 11.5 Å². The van der Waals surface area contributed by atoms with Crippen LogP contribution in [0.15, 0.2) is 60.7 Å². The van der Waals surface area contributed by atoms with Crippen molar-refractivity contribution >= 4 is 24.8 Å². The van der Waals surface area contributed by atoms with Crippen molar-refractivity contribution in [2.24, 2.45) is 0 Å². The minimum absolute atomic E-state index is 0. The van der Waals surface area contributed by atoms with Crippen molar-refractivity contribution in [3.63, 3.8) is 0 Å². The minimum Gasteiger partial charge on any atom is -0.492 e. The SMILES string of the molecule is CCCCCCCCCCCCCNC(C)(C)COc1ccccc1.CCCCCCCCCCCCNC(C)(C)COc1ccccc1.Cl.Cl. The lowest BCUT2D eigenvalue weighted by atomic mass is 10.0. The summed E-state index contributed by atoms with van der Waals surface area (Å²) in [7, 11) is 0. The van der Waals surface area contributed by atoms with Crippen molar-refractivity contribution < 1.29 is 9.47 Å². The molecule has 0 saturated heterocycles. The van der Waals surface area contributed by atoms with Crippen LogP contribution in [0.3, 0.4) is 0 Å². The van der Waals surface area contributed by atoms with Crippen LogP contribution in [-0.2, 0) is 0 Å². The van der Waals surface area contributed by atoms with Crippen molar-refractivity contribution in [1.82, 2.24) is 10.6 Å². The van der Waals surface area contributed by atoms with Crippen LogP contribution in [0.4, 0.5) is 0 Å². The standard InChI is InChI=1S/C23H41NO.C22H39NO.2ClH/c1-4-5-6-7-8-9-10-11-12-13-17-20-24-23(2,3)21-25-22-18-15-14-16-19-22;1-4-5-6-7-8-9-10-11-12-16-19-23-22(2,3)20-24-21-17-14-13-15-18-21;;/h14-16,18-19,24H,4-13,17,20-21H2,1-3H3;13-15,17-18,23H,4-12,16,19-20H2,1-3H3;2*1H. The Labute approximate surface area is 329 Å². The fraction of sp³-hybridized carbons (Fsp3) is 0.733. The number of ether oxygens (including phenoxy) is 2. The van der Waals surface area contributed by atoms with E-state index < -0.39 is 0 Å². The fourth-order valence-corrected chi connectivity index (χ4v) is 5.92. The Bertz CT molecular complexity index is 959. The zero-order chi connectivity index (χ0) is 35.7. The van der Waals surface area contributed by atoms with Gasteiger partial charge in [0, 0.05) is 11.1 Å². The van der Waals surface area contributed by atoms with E-state index in [0.717, 1.165) is 24.6 Å². The average Bonchev–Trinajstić information content (AvgIpc) is 3.10. The Kier molecular flexibility index (Phi) is 36.0. The van der Waals surface area contributed by atoms with Crippen LogP contribution in [0, 0.1) is 0 Å². The van der Waals surface area contributed by atoms with E-state index in [1.54, 1.807) is 0 Å². The summed E-state index contributed by atoms with van der Waals surface area (Å²) in [6.07, 6.45) is 29.3. The summed E-state index contributed by atoms with van der Waals surface area (Å²) in [6.45, 7) is 17.0. The molecule has 2 rings (SSSR count). The number of hydrogen-bond acceptors (Lipinski definition) is 4. The summed E-state index contributed by atoms with van der Waals surface area (Å²) in [6, 6.07) is 20.1. The van der Waals surface area contributed by atoms with E-state index in [2.05, 4.69) is 52.2 Å². The first kappa shape index (κ1) is 51.6. The summed E-state index contributed by atoms with van der Waals surface area (Å²) < 4.78 is 11.7. The van der Waals surface area contributed by atoms with Gasteiger partial charge >= 0.3 is 0 Å². The molecule has 0 amide bonds. The summed E-state index contributed by atoms with van der Waals surface area (Å²) >= 11 is 0. The molecule has 0 aliphatic heterocycles. The van der Waals surface area contributed by atoms with Gasteiger partial charge in [0.25, 0.3) is 0 Å². The van der Waals surface area contributed by atoms with Gasteiger partial charge in [-0.1, -0.05) is 172 Å². The van der Waals surface area contributed by atoms with E-state index in [1.807, 2.05) is 60.7 Å². The van der Waals surface area contributed by atoms with Crippen LogP contribution in [0.2, 0.25) is 0 Å². The van der Waals surface area contributed by atoms with Gasteiger partial charge in [0.1, 0.15) is 24.7 Å². The molecular weight excluding hydrogens is 671 g/mol. The molecule has 2 aromatic carbocycles. The second-order valence-electron chi connectivity index (χ2n) is 15.5. The maximum absolute atomic E-state index is 5.87. The average molecular weight is 754 g/mol. The molecule has 2 N–H and O–H groups in total. The lowest BCUT2D eigenvalue weighted by Gasteiger charge is -2.26. The number of hydrogen-bond donors (Lipinski definition) is 2. The third-order valence-electron chi connectivity index (χ3n) is 9.20. The Hall–Kier alpha value is -1.46. The van der Waals surface area contributed by atoms with Crippen molar-refractivity contribution in [3.05, 3.63) is 60.7 Å². The van der Waals surface area contributed by atoms with E-state index in [4.69, 9.17) is 9.47 Å². The smallest absolute Gasteiger partial charge is 0.119 e. The highest BCUT2D eigenvalue weighted by atomic mass is 35.5. The summed E-state index contributed by atoms with van der Waals surface area (Å²) in [5, 5.41) is 7.26. The van der Waals surface area contributed by atoms with Crippen molar-refractivity contribution in [1.29, 1.82) is 0 Å². The van der Waals surface area contributed by atoms with Gasteiger partial charge in [-0.3, -0.25) is 0 Å². The Morgan fingerprint density at radius 3 is 0.922 bits per heavy atom. The maximum Gasteiger partial charge on any atom is 0.119 e. The molecule has 0 saturated carbocycles. The van der Waals surface area contributed by atoms with Gasteiger partial charge in [-0.2, -0.15) is 0 Å². The lowest BCUT2D eigenvalue weighted by Crippen LogP contribution is -2.45. The number of halogens is 2. The van der Waals surface area contributed by atoms with Crippen molar-refractivity contribution in [2.45, 2.75) is 187 Å². The first-order valence-corrected chi connectivity index (χ1v) is 20.6. The maximum atomic E-state index is 5.87. The molecule has 0 aliphatic rings. The molecule has 6 heteroatoms. The molecule has 0 heterocycles. The van der Waals surface area contributed by atoms with Gasteiger partial charge in [0.05, 0.1) is 0 Å². The van der Waals surface area contributed by atoms with Crippen LogP contribution in [0.25, 0.3) is 0 Å². The first-order valence-electron chi connectivity index (χ1n) is 20.6. The zero-order valence-electron chi connectivity index (χ0n) is 34.1. The number of benzene rings is 2. The van der Waals surface area contributed by atoms with Gasteiger partial charge in [-0.25, -0.2) is 0 Å². The largest absolute Gasteiger partial charge is 0.492 e. The molecule has 2 aromatic rings. The molecule has 0 spiro atoms. The van der Waals surface area contributed by atoms with E-state index in [1.165, 1.54) is 135 Å². The molecule has 51 heavy (non-hydrogen) atoms. The van der Waals surface area contributed by atoms with E-state index >= 15 is 0 Å². The molecule has 0 aliphatic carbocycles. The normalized spacial score (nSPS) is 11.2. The van der Waals surface area contributed by atoms with Gasteiger partial charge in [-0.15, -0.1) is 24.8 Å².